The standard InChI is InChI=1S/C14H18N6O.ClH/c1-10-17-18-19-20(10)12-6-4-5-11(9-12)16-14(21)13-7-2-3-8-15-13;/h4-6,9,13,15H,2-3,7-8H2,1H3,(H,16,21);1H/t13-;/m1./s1. The number of nitrogens with one attached hydrogen (secondary N) is 2. The number of rotatable bonds is 3. The summed E-state index contributed by atoms with van der Waals surface area (Å²) in [6.45, 7) is 2.74. The van der Waals surface area contributed by atoms with Crippen molar-refractivity contribution < 1.29 is 4.79 Å². The highest BCUT2D eigenvalue weighted by Gasteiger charge is 2.20. The molecule has 7 nitrogen and oxygen atoms in total. The predicted octanol–water partition coefficient (Wildman–Crippen LogP) is 1.47. The number of aromatic nitrogens is 4. The van der Waals surface area contributed by atoms with Gasteiger partial charge in [-0.1, -0.05) is 12.5 Å². The first kappa shape index (κ1) is 16.4. The number of nitrogens with zero attached hydrogens (tertiary/aromatic N) is 4. The summed E-state index contributed by atoms with van der Waals surface area (Å²) in [6.07, 6.45) is 3.12. The van der Waals surface area contributed by atoms with Gasteiger partial charge in [0.15, 0.2) is 5.82 Å². The lowest BCUT2D eigenvalue weighted by molar-refractivity contribution is -0.118. The first-order chi connectivity index (χ1) is 10.2. The molecule has 0 bridgehead atoms. The van der Waals surface area contributed by atoms with E-state index in [1.165, 1.54) is 0 Å². The number of piperidine rings is 1. The number of benzene rings is 1. The molecule has 22 heavy (non-hydrogen) atoms. The monoisotopic (exact) mass is 322 g/mol. The molecule has 1 aromatic heterocycles. The average molecular weight is 323 g/mol. The van der Waals surface area contributed by atoms with E-state index in [9.17, 15) is 4.79 Å². The van der Waals surface area contributed by atoms with Crippen molar-refractivity contribution >= 4 is 24.0 Å². The normalized spacial score (nSPS) is 17.6. The third-order valence-corrected chi connectivity index (χ3v) is 3.61. The Hall–Kier alpha value is -1.99. The number of amides is 1. The molecule has 1 amide bonds. The molecule has 1 saturated heterocycles. The Morgan fingerprint density at radius 2 is 2.27 bits per heavy atom. The van der Waals surface area contributed by atoms with Gasteiger partial charge in [-0.05, 0) is 54.9 Å². The van der Waals surface area contributed by atoms with E-state index in [0.29, 0.717) is 5.82 Å². The van der Waals surface area contributed by atoms with Crippen molar-refractivity contribution in [1.82, 2.24) is 25.5 Å². The number of tetrazole rings is 1. The van der Waals surface area contributed by atoms with Crippen LogP contribution in [0.2, 0.25) is 0 Å². The highest BCUT2D eigenvalue weighted by atomic mass is 35.5. The molecule has 2 N–H and O–H groups in total. The summed E-state index contributed by atoms with van der Waals surface area (Å²) in [7, 11) is 0. The molecular formula is C14H19ClN6O. The first-order valence-electron chi connectivity index (χ1n) is 7.14. The second-order valence-corrected chi connectivity index (χ2v) is 5.18. The molecule has 1 aromatic carbocycles. The van der Waals surface area contributed by atoms with Crippen molar-refractivity contribution in [2.24, 2.45) is 0 Å². The summed E-state index contributed by atoms with van der Waals surface area (Å²) in [5, 5.41) is 17.6. The molecule has 1 atom stereocenters. The summed E-state index contributed by atoms with van der Waals surface area (Å²) in [5.41, 5.74) is 1.58. The van der Waals surface area contributed by atoms with Crippen LogP contribution >= 0.6 is 12.4 Å². The number of hydrogen-bond donors (Lipinski definition) is 2. The van der Waals surface area contributed by atoms with Gasteiger partial charge in [0, 0.05) is 5.69 Å². The Morgan fingerprint density at radius 3 is 2.95 bits per heavy atom. The maximum Gasteiger partial charge on any atom is 0.241 e. The molecule has 0 spiro atoms. The lowest BCUT2D eigenvalue weighted by Gasteiger charge is -2.22. The zero-order chi connectivity index (χ0) is 14.7. The summed E-state index contributed by atoms with van der Waals surface area (Å²) >= 11 is 0. The van der Waals surface area contributed by atoms with Gasteiger partial charge in [0.05, 0.1) is 11.7 Å². The van der Waals surface area contributed by atoms with Crippen LogP contribution in [0.5, 0.6) is 0 Å². The van der Waals surface area contributed by atoms with Crippen LogP contribution in [0.3, 0.4) is 0 Å². The van der Waals surface area contributed by atoms with Gasteiger partial charge in [-0.15, -0.1) is 17.5 Å². The third kappa shape index (κ3) is 3.61. The molecule has 0 aliphatic carbocycles. The van der Waals surface area contributed by atoms with E-state index < -0.39 is 0 Å². The Balaban J connectivity index is 0.00000176. The summed E-state index contributed by atoms with van der Waals surface area (Å²) in [6, 6.07) is 7.41. The van der Waals surface area contributed by atoms with Gasteiger partial charge >= 0.3 is 0 Å². The van der Waals surface area contributed by atoms with Crippen LogP contribution in [0, 0.1) is 6.92 Å². The van der Waals surface area contributed by atoms with Gasteiger partial charge in [-0.25, -0.2) is 0 Å². The fourth-order valence-electron chi connectivity index (χ4n) is 2.49. The molecule has 1 aliphatic heterocycles. The first-order valence-corrected chi connectivity index (χ1v) is 7.14. The van der Waals surface area contributed by atoms with Crippen LogP contribution < -0.4 is 10.6 Å². The van der Waals surface area contributed by atoms with E-state index in [-0.39, 0.29) is 24.4 Å². The molecule has 1 fully saturated rings. The minimum absolute atomic E-state index is 0. The van der Waals surface area contributed by atoms with Crippen molar-refractivity contribution in [3.63, 3.8) is 0 Å². The molecule has 0 unspecified atom stereocenters. The second-order valence-electron chi connectivity index (χ2n) is 5.18. The highest BCUT2D eigenvalue weighted by molar-refractivity contribution is 5.95. The molecule has 0 saturated carbocycles. The second kappa shape index (κ2) is 7.33. The van der Waals surface area contributed by atoms with Gasteiger partial charge < -0.3 is 10.6 Å². The van der Waals surface area contributed by atoms with E-state index in [1.807, 2.05) is 31.2 Å². The van der Waals surface area contributed by atoms with E-state index in [4.69, 9.17) is 0 Å². The van der Waals surface area contributed by atoms with Crippen molar-refractivity contribution in [2.75, 3.05) is 11.9 Å². The number of hydrogen-bond acceptors (Lipinski definition) is 5. The number of carbonyl (C=O) groups excluding carboxylic acids is 1. The molecule has 1 aliphatic rings. The van der Waals surface area contributed by atoms with Crippen molar-refractivity contribution in [3.8, 4) is 5.69 Å². The molecular weight excluding hydrogens is 304 g/mol. The summed E-state index contributed by atoms with van der Waals surface area (Å²) < 4.78 is 1.63. The van der Waals surface area contributed by atoms with E-state index >= 15 is 0 Å². The fraction of sp³-hybridized carbons (Fsp3) is 0.429. The zero-order valence-electron chi connectivity index (χ0n) is 12.3. The van der Waals surface area contributed by atoms with Crippen molar-refractivity contribution in [3.05, 3.63) is 30.1 Å². The zero-order valence-corrected chi connectivity index (χ0v) is 13.1. The smallest absolute Gasteiger partial charge is 0.241 e. The largest absolute Gasteiger partial charge is 0.325 e. The quantitative estimate of drug-likeness (QED) is 0.894. The SMILES string of the molecule is Cc1nnnn1-c1cccc(NC(=O)[C@H]2CCCCN2)c1.Cl. The highest BCUT2D eigenvalue weighted by Crippen LogP contribution is 2.16. The van der Waals surface area contributed by atoms with E-state index in [2.05, 4.69) is 26.2 Å². The summed E-state index contributed by atoms with van der Waals surface area (Å²) in [5.74, 6) is 0.715. The predicted molar refractivity (Wildman–Crippen MR) is 85.4 cm³/mol. The Kier molecular flexibility index (Phi) is 5.46. The topological polar surface area (TPSA) is 84.7 Å². The van der Waals surface area contributed by atoms with Gasteiger partial charge in [0.1, 0.15) is 0 Å². The van der Waals surface area contributed by atoms with Crippen LogP contribution in [0.1, 0.15) is 25.1 Å². The number of carbonyl (C=O) groups is 1. The van der Waals surface area contributed by atoms with Crippen LogP contribution in [-0.4, -0.2) is 38.7 Å². The van der Waals surface area contributed by atoms with Gasteiger partial charge in [0.2, 0.25) is 5.91 Å². The minimum Gasteiger partial charge on any atom is -0.325 e. The number of aryl methyl sites for hydroxylation is 1. The molecule has 2 heterocycles. The van der Waals surface area contributed by atoms with Gasteiger partial charge in [-0.2, -0.15) is 4.68 Å². The Morgan fingerprint density at radius 1 is 1.41 bits per heavy atom. The molecule has 118 valence electrons. The number of anilines is 1. The summed E-state index contributed by atoms with van der Waals surface area (Å²) in [4.78, 5) is 12.2. The maximum atomic E-state index is 12.2. The maximum absolute atomic E-state index is 12.2. The molecule has 8 heteroatoms. The number of halogens is 1. The lowest BCUT2D eigenvalue weighted by Crippen LogP contribution is -2.43. The van der Waals surface area contributed by atoms with Crippen LogP contribution in [0.15, 0.2) is 24.3 Å². The van der Waals surface area contributed by atoms with Gasteiger partial charge in [-0.3, -0.25) is 4.79 Å². The lowest BCUT2D eigenvalue weighted by atomic mass is 10.0. The van der Waals surface area contributed by atoms with E-state index in [0.717, 1.165) is 37.2 Å². The van der Waals surface area contributed by atoms with Crippen LogP contribution in [-0.2, 0) is 4.79 Å². The van der Waals surface area contributed by atoms with Crippen LogP contribution in [0.4, 0.5) is 5.69 Å². The van der Waals surface area contributed by atoms with Crippen LogP contribution in [0.25, 0.3) is 5.69 Å². The van der Waals surface area contributed by atoms with Crippen molar-refractivity contribution in [2.45, 2.75) is 32.2 Å². The minimum atomic E-state index is -0.0998. The molecule has 0 radical (unpaired) electrons. The Bertz CT molecular complexity index is 638. The van der Waals surface area contributed by atoms with E-state index in [1.54, 1.807) is 4.68 Å². The fourth-order valence-corrected chi connectivity index (χ4v) is 2.49. The van der Waals surface area contributed by atoms with Gasteiger partial charge in [0.25, 0.3) is 0 Å². The third-order valence-electron chi connectivity index (χ3n) is 3.61. The Labute approximate surface area is 134 Å². The van der Waals surface area contributed by atoms with Crippen molar-refractivity contribution in [1.29, 1.82) is 0 Å². The average Bonchev–Trinajstić information content (AvgIpc) is 2.94. The molecule has 3 rings (SSSR count). The molecule has 2 aromatic rings.